The number of aliphatic carboxylic acids is 2. The Hall–Kier alpha value is -3.81. The molecule has 5 atom stereocenters. The first-order chi connectivity index (χ1) is 20.4. The van der Waals surface area contributed by atoms with E-state index in [0.717, 1.165) is 6.42 Å². The average molecular weight is 616 g/mol. The molecule has 0 amide bonds. The molecule has 14 nitrogen and oxygen atoms in total. The minimum atomic E-state index is -2.81. The molecule has 2 fully saturated rings. The minimum absolute atomic E-state index is 0.137. The van der Waals surface area contributed by atoms with Crippen LogP contribution < -0.4 is 10.2 Å². The van der Waals surface area contributed by atoms with E-state index in [1.54, 1.807) is 36.1 Å². The van der Waals surface area contributed by atoms with Gasteiger partial charge in [-0.1, -0.05) is 29.7 Å². The van der Waals surface area contributed by atoms with Crippen molar-refractivity contribution in [1.29, 1.82) is 0 Å². The van der Waals surface area contributed by atoms with Gasteiger partial charge in [0, 0.05) is 30.6 Å². The number of anilines is 1. The van der Waals surface area contributed by atoms with Gasteiger partial charge in [0.15, 0.2) is 23.8 Å². The van der Waals surface area contributed by atoms with Crippen molar-refractivity contribution >= 4 is 40.3 Å². The van der Waals surface area contributed by atoms with Crippen LogP contribution in [-0.4, -0.2) is 102 Å². The molecule has 6 N–H and O–H groups in total. The predicted octanol–water partition coefficient (Wildman–Crippen LogP) is 0.259. The smallest absolute Gasteiger partial charge is 0.348 e. The topological polar surface area (TPSA) is 200 Å². The van der Waals surface area contributed by atoms with Crippen LogP contribution in [0.1, 0.15) is 23.9 Å². The second-order valence-corrected chi connectivity index (χ2v) is 10.8. The Morgan fingerprint density at radius 2 is 1.93 bits per heavy atom. The number of fused-ring (bicyclic) bond motifs is 1. The third kappa shape index (κ3) is 5.41. The van der Waals surface area contributed by atoms with Crippen LogP contribution >= 0.6 is 11.6 Å². The zero-order chi connectivity index (χ0) is 31.1. The van der Waals surface area contributed by atoms with Gasteiger partial charge < -0.3 is 39.9 Å². The Morgan fingerprint density at radius 1 is 1.23 bits per heavy atom. The van der Waals surface area contributed by atoms with E-state index in [4.69, 9.17) is 27.5 Å². The lowest BCUT2D eigenvalue weighted by atomic mass is 9.92. The molecular weight excluding hydrogens is 586 g/mol. The van der Waals surface area contributed by atoms with E-state index in [9.17, 15) is 35.1 Å². The van der Waals surface area contributed by atoms with E-state index in [0.29, 0.717) is 35.4 Å². The lowest BCUT2D eigenvalue weighted by Crippen LogP contribution is -2.55. The van der Waals surface area contributed by atoms with Crippen LogP contribution in [0.4, 0.5) is 5.69 Å². The molecule has 1 aromatic carbocycles. The van der Waals surface area contributed by atoms with Crippen molar-refractivity contribution in [3.05, 3.63) is 52.8 Å². The number of halogens is 1. The molecule has 4 heterocycles. The molecule has 0 spiro atoms. The molecule has 228 valence electrons. The van der Waals surface area contributed by atoms with Crippen molar-refractivity contribution in [1.82, 2.24) is 20.1 Å². The van der Waals surface area contributed by atoms with Crippen LogP contribution in [0.2, 0.25) is 5.15 Å². The fraction of sp³-hybridized carbons (Fsp3) is 0.429. The van der Waals surface area contributed by atoms with Crippen molar-refractivity contribution in [2.75, 3.05) is 24.6 Å². The molecule has 15 heteroatoms. The zero-order valence-electron chi connectivity index (χ0n) is 22.9. The number of ether oxygens (including phenoxy) is 2. The maximum absolute atomic E-state index is 12.4. The predicted molar refractivity (Wildman–Crippen MR) is 151 cm³/mol. The SMILES string of the molecule is C#C[C@@]1(O)[C@@H](COC(Cc2ccc(N3CCCNC3O)cc2)(C(=O)O)C(=O)O)O[C@@H](n2nc(C)c3ccc(Cl)nc32)[C@@H]1O. The number of hydrogen-bond acceptors (Lipinski definition) is 11. The molecule has 0 radical (unpaired) electrons. The summed E-state index contributed by atoms with van der Waals surface area (Å²) in [6, 6.07) is 9.57. The number of nitrogens with one attached hydrogen (secondary N) is 1. The van der Waals surface area contributed by atoms with Gasteiger partial charge in [-0.2, -0.15) is 5.10 Å². The van der Waals surface area contributed by atoms with Gasteiger partial charge >= 0.3 is 11.9 Å². The van der Waals surface area contributed by atoms with Crippen molar-refractivity contribution < 1.29 is 44.6 Å². The summed E-state index contributed by atoms with van der Waals surface area (Å²) in [4.78, 5) is 30.8. The van der Waals surface area contributed by atoms with Gasteiger partial charge in [0.1, 0.15) is 17.4 Å². The summed E-state index contributed by atoms with van der Waals surface area (Å²) in [6.45, 7) is 2.13. The summed E-state index contributed by atoms with van der Waals surface area (Å²) < 4.78 is 12.6. The van der Waals surface area contributed by atoms with Gasteiger partial charge in [0.05, 0.1) is 12.3 Å². The molecule has 0 aliphatic carbocycles. The van der Waals surface area contributed by atoms with Crippen molar-refractivity contribution in [3.63, 3.8) is 0 Å². The van der Waals surface area contributed by atoms with Crippen molar-refractivity contribution in [3.8, 4) is 12.3 Å². The molecule has 43 heavy (non-hydrogen) atoms. The Balaban J connectivity index is 1.39. The maximum atomic E-state index is 12.4. The average Bonchev–Trinajstić information content (AvgIpc) is 3.43. The Labute approximate surface area is 250 Å². The Kier molecular flexibility index (Phi) is 8.34. The second-order valence-electron chi connectivity index (χ2n) is 10.4. The lowest BCUT2D eigenvalue weighted by Gasteiger charge is -2.34. The summed E-state index contributed by atoms with van der Waals surface area (Å²) >= 11 is 6.05. The first kappa shape index (κ1) is 30.6. The molecule has 3 aromatic rings. The molecule has 1 unspecified atom stereocenters. The summed E-state index contributed by atoms with van der Waals surface area (Å²) in [5.74, 6) is -1.52. The molecule has 2 aromatic heterocycles. The minimum Gasteiger partial charge on any atom is -0.479 e. The number of hydrogen-bond donors (Lipinski definition) is 6. The number of aromatic nitrogens is 3. The number of aliphatic hydroxyl groups excluding tert-OH is 2. The van der Waals surface area contributed by atoms with Gasteiger partial charge in [0.2, 0.25) is 0 Å². The van der Waals surface area contributed by atoms with Gasteiger partial charge in [-0.3, -0.25) is 5.32 Å². The fourth-order valence-corrected chi connectivity index (χ4v) is 5.47. The number of nitrogens with zero attached hydrogens (tertiary/aromatic N) is 4. The first-order valence-electron chi connectivity index (χ1n) is 13.3. The summed E-state index contributed by atoms with van der Waals surface area (Å²) in [5, 5.41) is 60.6. The normalized spacial score (nSPS) is 26.0. The number of aryl methyl sites for hydroxylation is 1. The largest absolute Gasteiger partial charge is 0.479 e. The number of rotatable bonds is 9. The molecule has 2 aliphatic rings. The van der Waals surface area contributed by atoms with Crippen LogP contribution in [0, 0.1) is 19.3 Å². The highest BCUT2D eigenvalue weighted by Gasteiger charge is 2.58. The summed E-state index contributed by atoms with van der Waals surface area (Å²) in [5.41, 5.74) is -3.50. The highest BCUT2D eigenvalue weighted by molar-refractivity contribution is 6.29. The van der Waals surface area contributed by atoms with E-state index < -0.39 is 61.0 Å². The molecule has 2 aliphatic heterocycles. The number of terminal acetylenes is 1. The standard InChI is InChI=1S/C28H30ClN5O9/c1-3-27(41)19(43-23(21(27)35)34-22-18(15(2)32-34)9-10-20(29)31-22)14-42-28(24(36)37,25(38)39)13-16-5-7-17(8-6-16)33-12-4-11-30-26(33)40/h1,5-10,19,21,23,26,30,35,40-41H,4,11-14H2,2H3,(H,36,37)(H,38,39)/t19-,21+,23-,26?,27-/m1/s1. The van der Waals surface area contributed by atoms with E-state index in [2.05, 4.69) is 21.3 Å². The number of aliphatic hydroxyl groups is 3. The third-order valence-electron chi connectivity index (χ3n) is 7.78. The molecule has 0 bridgehead atoms. The van der Waals surface area contributed by atoms with Crippen LogP contribution in [-0.2, 0) is 25.5 Å². The molecule has 5 rings (SSSR count). The Morgan fingerprint density at radius 3 is 2.56 bits per heavy atom. The van der Waals surface area contributed by atoms with Crippen LogP contribution in [0.3, 0.4) is 0 Å². The number of pyridine rings is 1. The van der Waals surface area contributed by atoms with Crippen LogP contribution in [0.15, 0.2) is 36.4 Å². The quantitative estimate of drug-likeness (QED) is 0.109. The maximum Gasteiger partial charge on any atom is 0.348 e. The van der Waals surface area contributed by atoms with Gasteiger partial charge in [-0.15, -0.1) is 6.42 Å². The van der Waals surface area contributed by atoms with E-state index >= 15 is 0 Å². The molecule has 2 saturated heterocycles. The number of carboxylic acid groups (broad SMARTS) is 2. The number of benzene rings is 1. The highest BCUT2D eigenvalue weighted by Crippen LogP contribution is 2.39. The van der Waals surface area contributed by atoms with Crippen molar-refractivity contribution in [2.24, 2.45) is 0 Å². The van der Waals surface area contributed by atoms with Crippen molar-refractivity contribution in [2.45, 2.75) is 55.8 Å². The summed E-state index contributed by atoms with van der Waals surface area (Å²) in [6.07, 6.45) is 0.142. The fourth-order valence-electron chi connectivity index (χ4n) is 5.32. The third-order valence-corrected chi connectivity index (χ3v) is 8.00. The van der Waals surface area contributed by atoms with Gasteiger partial charge in [-0.05, 0) is 43.2 Å². The van der Waals surface area contributed by atoms with E-state index in [1.165, 1.54) is 16.8 Å². The number of carboxylic acids is 2. The lowest BCUT2D eigenvalue weighted by molar-refractivity contribution is -0.191. The summed E-state index contributed by atoms with van der Waals surface area (Å²) in [7, 11) is 0. The molecule has 0 saturated carbocycles. The zero-order valence-corrected chi connectivity index (χ0v) is 23.7. The van der Waals surface area contributed by atoms with E-state index in [-0.39, 0.29) is 10.8 Å². The van der Waals surface area contributed by atoms with Gasteiger partial charge in [0.25, 0.3) is 5.60 Å². The van der Waals surface area contributed by atoms with Crippen LogP contribution in [0.5, 0.6) is 0 Å². The van der Waals surface area contributed by atoms with Crippen LogP contribution in [0.25, 0.3) is 11.0 Å². The molecular formula is C28H30ClN5O9. The van der Waals surface area contributed by atoms with E-state index in [1.807, 2.05) is 0 Å². The highest BCUT2D eigenvalue weighted by atomic mass is 35.5. The number of carbonyl (C=O) groups is 2. The second kappa shape index (κ2) is 11.7. The Bertz CT molecular complexity index is 1560. The van der Waals surface area contributed by atoms with Gasteiger partial charge in [-0.25, -0.2) is 19.3 Å². The first-order valence-corrected chi connectivity index (χ1v) is 13.7. The monoisotopic (exact) mass is 615 g/mol.